The molecular formula is C17H17N3S. The molecule has 2 N–H and O–H groups in total. The number of rotatable bonds is 3. The number of benzene rings is 2. The zero-order chi connectivity index (χ0) is 15.2. The molecule has 0 aliphatic carbocycles. The van der Waals surface area contributed by atoms with Crippen molar-refractivity contribution in [2.24, 2.45) is 0 Å². The van der Waals surface area contributed by atoms with E-state index in [1.165, 1.54) is 5.56 Å². The number of nitriles is 1. The van der Waals surface area contributed by atoms with Gasteiger partial charge in [0.25, 0.3) is 0 Å². The zero-order valence-electron chi connectivity index (χ0n) is 12.1. The maximum Gasteiger partial charge on any atom is 0.175 e. The first-order valence-corrected chi connectivity index (χ1v) is 7.18. The molecule has 0 unspecified atom stereocenters. The van der Waals surface area contributed by atoms with E-state index in [4.69, 9.17) is 17.5 Å². The maximum atomic E-state index is 8.90. The highest BCUT2D eigenvalue weighted by molar-refractivity contribution is 7.80. The van der Waals surface area contributed by atoms with Crippen molar-refractivity contribution in [2.75, 3.05) is 10.6 Å². The summed E-state index contributed by atoms with van der Waals surface area (Å²) in [5.74, 6) is 0.415. The number of anilines is 2. The molecule has 0 aliphatic heterocycles. The number of nitrogens with one attached hydrogen (secondary N) is 2. The number of hydrogen-bond acceptors (Lipinski definition) is 2. The standard InChI is InChI=1S/C17H17N3S/c1-12(2)15-8-3-4-9-16(15)20-17(21)19-14-7-5-6-13(10-14)11-18/h3-10,12H,1-2H3,(H2,19,20,21). The van der Waals surface area contributed by atoms with Gasteiger partial charge in [-0.3, -0.25) is 0 Å². The molecule has 0 atom stereocenters. The Morgan fingerprint density at radius 2 is 1.86 bits per heavy atom. The number of hydrogen-bond donors (Lipinski definition) is 2. The average Bonchev–Trinajstić information content (AvgIpc) is 2.47. The number of nitrogens with zero attached hydrogens (tertiary/aromatic N) is 1. The van der Waals surface area contributed by atoms with Crippen LogP contribution < -0.4 is 10.6 Å². The first kappa shape index (κ1) is 15.0. The summed E-state index contributed by atoms with van der Waals surface area (Å²) in [5, 5.41) is 15.7. The molecule has 0 saturated heterocycles. The first-order chi connectivity index (χ1) is 10.1. The second-order valence-corrected chi connectivity index (χ2v) is 5.42. The van der Waals surface area contributed by atoms with Gasteiger partial charge in [0.05, 0.1) is 11.6 Å². The van der Waals surface area contributed by atoms with E-state index in [1.54, 1.807) is 12.1 Å². The van der Waals surface area contributed by atoms with Crippen molar-refractivity contribution in [2.45, 2.75) is 19.8 Å². The highest BCUT2D eigenvalue weighted by atomic mass is 32.1. The van der Waals surface area contributed by atoms with Gasteiger partial charge in [0.15, 0.2) is 5.11 Å². The van der Waals surface area contributed by atoms with E-state index >= 15 is 0 Å². The molecule has 2 aromatic rings. The van der Waals surface area contributed by atoms with Gasteiger partial charge in [0.1, 0.15) is 0 Å². The molecule has 0 radical (unpaired) electrons. The van der Waals surface area contributed by atoms with Crippen LogP contribution in [0.1, 0.15) is 30.9 Å². The lowest BCUT2D eigenvalue weighted by molar-refractivity contribution is 0.869. The van der Waals surface area contributed by atoms with Crippen LogP contribution in [-0.4, -0.2) is 5.11 Å². The van der Waals surface area contributed by atoms with Gasteiger partial charge < -0.3 is 10.6 Å². The van der Waals surface area contributed by atoms with Crippen LogP contribution in [0.2, 0.25) is 0 Å². The smallest absolute Gasteiger partial charge is 0.175 e. The summed E-state index contributed by atoms with van der Waals surface area (Å²) < 4.78 is 0. The second-order valence-electron chi connectivity index (χ2n) is 5.01. The van der Waals surface area contributed by atoms with Crippen LogP contribution in [0.3, 0.4) is 0 Å². The van der Waals surface area contributed by atoms with Gasteiger partial charge in [-0.1, -0.05) is 38.1 Å². The lowest BCUT2D eigenvalue weighted by Crippen LogP contribution is -2.20. The third kappa shape index (κ3) is 4.04. The summed E-state index contributed by atoms with van der Waals surface area (Å²) in [6, 6.07) is 17.4. The van der Waals surface area contributed by atoms with E-state index in [-0.39, 0.29) is 0 Å². The summed E-state index contributed by atoms with van der Waals surface area (Å²) in [4.78, 5) is 0. The lowest BCUT2D eigenvalue weighted by Gasteiger charge is -2.16. The van der Waals surface area contributed by atoms with Gasteiger partial charge in [-0.05, 0) is 48.0 Å². The number of para-hydroxylation sites is 1. The van der Waals surface area contributed by atoms with Gasteiger partial charge in [-0.2, -0.15) is 5.26 Å². The number of thiocarbonyl (C=S) groups is 1. The summed E-state index contributed by atoms with van der Waals surface area (Å²) in [5.41, 5.74) is 3.62. The van der Waals surface area contributed by atoms with E-state index in [1.807, 2.05) is 30.3 Å². The van der Waals surface area contributed by atoms with Crippen molar-refractivity contribution in [1.29, 1.82) is 5.26 Å². The molecule has 21 heavy (non-hydrogen) atoms. The quantitative estimate of drug-likeness (QED) is 0.819. The minimum absolute atomic E-state index is 0.415. The zero-order valence-corrected chi connectivity index (χ0v) is 12.9. The van der Waals surface area contributed by atoms with Crippen molar-refractivity contribution in [1.82, 2.24) is 0 Å². The van der Waals surface area contributed by atoms with E-state index in [9.17, 15) is 0 Å². The molecular weight excluding hydrogens is 278 g/mol. The van der Waals surface area contributed by atoms with Gasteiger partial charge in [-0.25, -0.2) is 0 Å². The molecule has 2 rings (SSSR count). The molecule has 0 aliphatic rings. The normalized spacial score (nSPS) is 10.0. The molecule has 0 aromatic heterocycles. The first-order valence-electron chi connectivity index (χ1n) is 6.77. The minimum Gasteiger partial charge on any atom is -0.332 e. The van der Waals surface area contributed by atoms with Crippen LogP contribution in [0.15, 0.2) is 48.5 Å². The van der Waals surface area contributed by atoms with Crippen molar-refractivity contribution in [3.8, 4) is 6.07 Å². The largest absolute Gasteiger partial charge is 0.332 e. The Morgan fingerprint density at radius 1 is 1.10 bits per heavy atom. The highest BCUT2D eigenvalue weighted by Gasteiger charge is 2.07. The molecule has 0 heterocycles. The fourth-order valence-corrected chi connectivity index (χ4v) is 2.29. The monoisotopic (exact) mass is 295 g/mol. The van der Waals surface area contributed by atoms with Gasteiger partial charge in [0.2, 0.25) is 0 Å². The minimum atomic E-state index is 0.415. The molecule has 2 aromatic carbocycles. The topological polar surface area (TPSA) is 47.8 Å². The van der Waals surface area contributed by atoms with E-state index in [0.29, 0.717) is 16.6 Å². The van der Waals surface area contributed by atoms with Crippen molar-refractivity contribution < 1.29 is 0 Å². The molecule has 0 amide bonds. The van der Waals surface area contributed by atoms with Crippen LogP contribution in [0.4, 0.5) is 11.4 Å². The van der Waals surface area contributed by atoms with Crippen LogP contribution in [0.25, 0.3) is 0 Å². The Hall–Kier alpha value is -2.38. The average molecular weight is 295 g/mol. The van der Waals surface area contributed by atoms with E-state index < -0.39 is 0 Å². The van der Waals surface area contributed by atoms with Gasteiger partial charge >= 0.3 is 0 Å². The Bertz CT molecular complexity index is 686. The molecule has 0 spiro atoms. The van der Waals surface area contributed by atoms with Gasteiger partial charge in [0, 0.05) is 11.4 Å². The predicted octanol–water partition coefficient (Wildman–Crippen LogP) is 4.49. The summed E-state index contributed by atoms with van der Waals surface area (Å²) >= 11 is 5.34. The van der Waals surface area contributed by atoms with Crippen molar-refractivity contribution >= 4 is 28.7 Å². The van der Waals surface area contributed by atoms with Crippen LogP contribution in [0, 0.1) is 11.3 Å². The fourth-order valence-electron chi connectivity index (χ4n) is 2.07. The SMILES string of the molecule is CC(C)c1ccccc1NC(=S)Nc1cccc(C#N)c1. The van der Waals surface area contributed by atoms with Crippen molar-refractivity contribution in [3.05, 3.63) is 59.7 Å². The Kier molecular flexibility index (Phi) is 4.91. The second kappa shape index (κ2) is 6.87. The van der Waals surface area contributed by atoms with Crippen LogP contribution >= 0.6 is 12.2 Å². The Balaban J connectivity index is 2.10. The molecule has 3 nitrogen and oxygen atoms in total. The Labute approximate surface area is 130 Å². The summed E-state index contributed by atoms with van der Waals surface area (Å²) in [6.07, 6.45) is 0. The molecule has 4 heteroatoms. The maximum absolute atomic E-state index is 8.90. The highest BCUT2D eigenvalue weighted by Crippen LogP contribution is 2.23. The molecule has 0 fully saturated rings. The predicted molar refractivity (Wildman–Crippen MR) is 91.5 cm³/mol. The fraction of sp³-hybridized carbons (Fsp3) is 0.176. The molecule has 0 bridgehead atoms. The summed E-state index contributed by atoms with van der Waals surface area (Å²) in [7, 11) is 0. The Morgan fingerprint density at radius 3 is 2.57 bits per heavy atom. The van der Waals surface area contributed by atoms with E-state index in [2.05, 4.69) is 36.6 Å². The molecule has 106 valence electrons. The third-order valence-electron chi connectivity index (χ3n) is 3.08. The van der Waals surface area contributed by atoms with Crippen molar-refractivity contribution in [3.63, 3.8) is 0 Å². The van der Waals surface area contributed by atoms with Crippen LogP contribution in [0.5, 0.6) is 0 Å². The molecule has 0 saturated carbocycles. The summed E-state index contributed by atoms with van der Waals surface area (Å²) in [6.45, 7) is 4.29. The third-order valence-corrected chi connectivity index (χ3v) is 3.28. The van der Waals surface area contributed by atoms with Gasteiger partial charge in [-0.15, -0.1) is 0 Å². The van der Waals surface area contributed by atoms with Crippen LogP contribution in [-0.2, 0) is 0 Å². The lowest BCUT2D eigenvalue weighted by atomic mass is 10.0. The van der Waals surface area contributed by atoms with E-state index in [0.717, 1.165) is 11.4 Å².